The van der Waals surface area contributed by atoms with Crippen LogP contribution in [0.4, 0.5) is 0 Å². The summed E-state index contributed by atoms with van der Waals surface area (Å²) in [4.78, 5) is 23.8. The first kappa shape index (κ1) is 16.6. The molecule has 22 heavy (non-hydrogen) atoms. The third kappa shape index (κ3) is 4.64. The first-order valence-corrected chi connectivity index (χ1v) is 7.87. The molecule has 0 saturated carbocycles. The normalized spacial score (nSPS) is 20.8. The van der Waals surface area contributed by atoms with Crippen LogP contribution < -0.4 is 10.6 Å². The van der Waals surface area contributed by atoms with Crippen LogP contribution in [0.1, 0.15) is 35.7 Å². The van der Waals surface area contributed by atoms with Crippen molar-refractivity contribution in [2.45, 2.75) is 32.3 Å². The number of β-amino-alcohol motifs (C(OH)–C–C–N with tert-alkyl or cyclic N) is 1. The Morgan fingerprint density at radius 3 is 2.55 bits per heavy atom. The van der Waals surface area contributed by atoms with Gasteiger partial charge in [0.25, 0.3) is 0 Å². The lowest BCUT2D eigenvalue weighted by Crippen LogP contribution is -2.34. The van der Waals surface area contributed by atoms with E-state index >= 15 is 0 Å². The number of benzene rings is 1. The van der Waals surface area contributed by atoms with Crippen molar-refractivity contribution in [3.63, 3.8) is 0 Å². The van der Waals surface area contributed by atoms with Gasteiger partial charge in [-0.05, 0) is 12.0 Å². The van der Waals surface area contributed by atoms with E-state index in [0.717, 1.165) is 6.42 Å². The molecule has 1 aliphatic rings. The monoisotopic (exact) mass is 304 g/mol. The smallest absolute Gasteiger partial charge is 0.220 e. The Bertz CT molecular complexity index is 513. The molecular formula is C17H24N2O3. The highest BCUT2D eigenvalue weighted by Crippen LogP contribution is 2.10. The molecule has 2 unspecified atom stereocenters. The van der Waals surface area contributed by atoms with Gasteiger partial charge in [0.05, 0.1) is 6.10 Å². The van der Waals surface area contributed by atoms with Crippen LogP contribution >= 0.6 is 0 Å². The zero-order chi connectivity index (χ0) is 15.9. The molecule has 1 saturated heterocycles. The number of amides is 1. The number of Topliss-reactive ketones (excluding diaryl/α,β-unsaturated/α-hetero) is 1. The van der Waals surface area contributed by atoms with Crippen molar-refractivity contribution in [2.24, 2.45) is 5.92 Å². The highest BCUT2D eigenvalue weighted by molar-refractivity contribution is 5.97. The lowest BCUT2D eigenvalue weighted by molar-refractivity contribution is -0.121. The number of aryl methyl sites for hydroxylation is 1. The minimum atomic E-state index is -0.404. The Hall–Kier alpha value is -1.72. The number of carbonyl (C=O) groups excluding carboxylic acids is 2. The fourth-order valence-electron chi connectivity index (χ4n) is 2.56. The van der Waals surface area contributed by atoms with Crippen LogP contribution in [0.25, 0.3) is 0 Å². The summed E-state index contributed by atoms with van der Waals surface area (Å²) < 4.78 is 0. The molecule has 3 N–H and O–H groups in total. The first-order chi connectivity index (χ1) is 10.6. The van der Waals surface area contributed by atoms with E-state index in [1.54, 1.807) is 0 Å². The average molecular weight is 304 g/mol. The molecule has 0 spiro atoms. The van der Waals surface area contributed by atoms with Crippen LogP contribution in [0.2, 0.25) is 0 Å². The standard InChI is InChI=1S/C17H24N2O3/c1-2-12-3-5-13(6-4-12)15(20)7-8-17(22)19-10-14-9-18-11-16(14)21/h3-6,14,16,18,21H,2,7-11H2,1H3,(H,19,22). The Balaban J connectivity index is 1.71. The zero-order valence-corrected chi connectivity index (χ0v) is 13.0. The summed E-state index contributed by atoms with van der Waals surface area (Å²) in [5.74, 6) is -0.0979. The number of rotatable bonds is 7. The maximum absolute atomic E-state index is 12.0. The summed E-state index contributed by atoms with van der Waals surface area (Å²) in [6, 6.07) is 7.53. The topological polar surface area (TPSA) is 78.4 Å². The molecule has 2 atom stereocenters. The largest absolute Gasteiger partial charge is 0.391 e. The number of hydrogen-bond acceptors (Lipinski definition) is 4. The molecule has 0 bridgehead atoms. The lowest BCUT2D eigenvalue weighted by atomic mass is 10.0. The number of ketones is 1. The second-order valence-corrected chi connectivity index (χ2v) is 5.76. The van der Waals surface area contributed by atoms with Crippen LogP contribution in [0.5, 0.6) is 0 Å². The van der Waals surface area contributed by atoms with Gasteiger partial charge in [0, 0.05) is 44.0 Å². The molecule has 0 radical (unpaired) electrons. The molecular weight excluding hydrogens is 280 g/mol. The fourth-order valence-corrected chi connectivity index (χ4v) is 2.56. The molecule has 1 fully saturated rings. The van der Waals surface area contributed by atoms with Gasteiger partial charge >= 0.3 is 0 Å². The molecule has 5 heteroatoms. The molecule has 1 aliphatic heterocycles. The van der Waals surface area contributed by atoms with Gasteiger partial charge in [-0.3, -0.25) is 9.59 Å². The van der Waals surface area contributed by atoms with Crippen molar-refractivity contribution < 1.29 is 14.7 Å². The molecule has 0 aromatic heterocycles. The summed E-state index contributed by atoms with van der Waals surface area (Å²) in [7, 11) is 0. The summed E-state index contributed by atoms with van der Waals surface area (Å²) in [6.07, 6.45) is 0.936. The summed E-state index contributed by atoms with van der Waals surface area (Å²) in [6.45, 7) is 3.81. The van der Waals surface area contributed by atoms with E-state index in [1.807, 2.05) is 24.3 Å². The van der Waals surface area contributed by atoms with Crippen molar-refractivity contribution in [3.8, 4) is 0 Å². The van der Waals surface area contributed by atoms with Gasteiger partial charge in [0.2, 0.25) is 5.91 Å². The quantitative estimate of drug-likeness (QED) is 0.654. The molecule has 0 aliphatic carbocycles. The molecule has 1 amide bonds. The predicted molar refractivity (Wildman–Crippen MR) is 84.8 cm³/mol. The van der Waals surface area contributed by atoms with E-state index in [-0.39, 0.29) is 30.4 Å². The fraction of sp³-hybridized carbons (Fsp3) is 0.529. The van der Waals surface area contributed by atoms with E-state index in [4.69, 9.17) is 0 Å². The average Bonchev–Trinajstić information content (AvgIpc) is 2.95. The van der Waals surface area contributed by atoms with Crippen molar-refractivity contribution in [2.75, 3.05) is 19.6 Å². The molecule has 1 heterocycles. The van der Waals surface area contributed by atoms with Crippen LogP contribution in [0, 0.1) is 5.92 Å². The van der Waals surface area contributed by atoms with Crippen LogP contribution in [0.3, 0.4) is 0 Å². The Kier molecular flexibility index (Phi) is 6.10. The zero-order valence-electron chi connectivity index (χ0n) is 13.0. The maximum atomic E-state index is 12.0. The summed E-state index contributed by atoms with van der Waals surface area (Å²) in [5.41, 5.74) is 1.85. The Morgan fingerprint density at radius 2 is 1.95 bits per heavy atom. The van der Waals surface area contributed by atoms with Gasteiger partial charge in [-0.2, -0.15) is 0 Å². The Morgan fingerprint density at radius 1 is 1.23 bits per heavy atom. The molecule has 1 aromatic carbocycles. The number of carbonyl (C=O) groups is 2. The first-order valence-electron chi connectivity index (χ1n) is 7.87. The van der Waals surface area contributed by atoms with Gasteiger partial charge in [0.1, 0.15) is 0 Å². The van der Waals surface area contributed by atoms with E-state index in [1.165, 1.54) is 5.56 Å². The van der Waals surface area contributed by atoms with Gasteiger partial charge in [-0.15, -0.1) is 0 Å². The van der Waals surface area contributed by atoms with E-state index in [2.05, 4.69) is 17.6 Å². The van der Waals surface area contributed by atoms with Gasteiger partial charge < -0.3 is 15.7 Å². The van der Waals surface area contributed by atoms with Gasteiger partial charge in [-0.1, -0.05) is 31.2 Å². The van der Waals surface area contributed by atoms with Crippen LogP contribution in [-0.4, -0.2) is 42.5 Å². The third-order valence-electron chi connectivity index (χ3n) is 4.13. The number of aliphatic hydroxyl groups is 1. The summed E-state index contributed by atoms with van der Waals surface area (Å²) >= 11 is 0. The lowest BCUT2D eigenvalue weighted by Gasteiger charge is -2.13. The predicted octanol–water partition coefficient (Wildman–Crippen LogP) is 0.908. The molecule has 5 nitrogen and oxygen atoms in total. The SMILES string of the molecule is CCc1ccc(C(=O)CCC(=O)NCC2CNCC2O)cc1. The highest BCUT2D eigenvalue weighted by atomic mass is 16.3. The van der Waals surface area contributed by atoms with Crippen molar-refractivity contribution in [1.82, 2.24) is 10.6 Å². The molecule has 1 aromatic rings. The summed E-state index contributed by atoms with van der Waals surface area (Å²) in [5, 5.41) is 15.5. The van der Waals surface area contributed by atoms with E-state index < -0.39 is 6.10 Å². The van der Waals surface area contributed by atoms with E-state index in [9.17, 15) is 14.7 Å². The second kappa shape index (κ2) is 8.06. The van der Waals surface area contributed by atoms with Crippen molar-refractivity contribution >= 4 is 11.7 Å². The second-order valence-electron chi connectivity index (χ2n) is 5.76. The number of aliphatic hydroxyl groups excluding tert-OH is 1. The van der Waals surface area contributed by atoms with E-state index in [0.29, 0.717) is 25.2 Å². The van der Waals surface area contributed by atoms with Gasteiger partial charge in [-0.25, -0.2) is 0 Å². The van der Waals surface area contributed by atoms with Crippen LogP contribution in [-0.2, 0) is 11.2 Å². The minimum absolute atomic E-state index is 0.0135. The minimum Gasteiger partial charge on any atom is -0.391 e. The Labute approximate surface area is 131 Å². The highest BCUT2D eigenvalue weighted by Gasteiger charge is 2.24. The van der Waals surface area contributed by atoms with Crippen LogP contribution in [0.15, 0.2) is 24.3 Å². The van der Waals surface area contributed by atoms with Crippen molar-refractivity contribution in [3.05, 3.63) is 35.4 Å². The number of nitrogens with one attached hydrogen (secondary N) is 2. The number of hydrogen-bond donors (Lipinski definition) is 3. The third-order valence-corrected chi connectivity index (χ3v) is 4.13. The van der Waals surface area contributed by atoms with Crippen molar-refractivity contribution in [1.29, 1.82) is 0 Å². The maximum Gasteiger partial charge on any atom is 0.220 e. The molecule has 120 valence electrons. The van der Waals surface area contributed by atoms with Gasteiger partial charge in [0.15, 0.2) is 5.78 Å². The molecule has 2 rings (SSSR count).